The number of hydrogen-bond acceptors (Lipinski definition) is 6. The zero-order valence-corrected chi connectivity index (χ0v) is 18.5. The summed E-state index contributed by atoms with van der Waals surface area (Å²) in [6, 6.07) is 32.3. The Bertz CT molecular complexity index is 756. The van der Waals surface area contributed by atoms with Gasteiger partial charge in [0.15, 0.2) is 0 Å². The molecule has 0 atom stereocenters. The molecule has 0 spiro atoms. The van der Waals surface area contributed by atoms with E-state index in [0.717, 1.165) is 13.8 Å². The van der Waals surface area contributed by atoms with Gasteiger partial charge in [-0.3, -0.25) is 0 Å². The van der Waals surface area contributed by atoms with Crippen molar-refractivity contribution in [1.82, 2.24) is 0 Å². The average Bonchev–Trinajstić information content (AvgIpc) is 2.76. The Morgan fingerprint density at radius 3 is 1.03 bits per heavy atom. The minimum atomic E-state index is -1.08. The lowest BCUT2D eigenvalue weighted by molar-refractivity contribution is -0.303. The predicted octanol–water partition coefficient (Wildman–Crippen LogP) is 0.657. The lowest BCUT2D eigenvalue weighted by Crippen LogP contribution is -2.20. The molecule has 3 aromatic carbocycles. The van der Waals surface area contributed by atoms with Crippen LogP contribution in [0.4, 0.5) is 0 Å². The molecule has 7 heteroatoms. The van der Waals surface area contributed by atoms with Crippen LogP contribution >= 0.6 is 7.92 Å². The van der Waals surface area contributed by atoms with Crippen LogP contribution in [0.3, 0.4) is 0 Å². The van der Waals surface area contributed by atoms with E-state index in [9.17, 15) is 0 Å². The SMILES string of the molecule is CC(=O)[O-].CC(=O)[O-].CO[C-]=O.c1ccc(P(c2ccccc2)c2ccccc2)cc1. The largest absolute Gasteiger partial charge is 0.655 e. The number of carbonyl (C=O) groups is 2. The van der Waals surface area contributed by atoms with Gasteiger partial charge in [-0.2, -0.15) is 0 Å². The lowest BCUT2D eigenvalue weighted by Gasteiger charge is -2.18. The molecule has 164 valence electrons. The Kier molecular flexibility index (Phi) is 15.4. The topological polar surface area (TPSA) is 107 Å². The van der Waals surface area contributed by atoms with Gasteiger partial charge in [-0.1, -0.05) is 97.5 Å². The van der Waals surface area contributed by atoms with Crippen LogP contribution in [0.5, 0.6) is 0 Å². The van der Waals surface area contributed by atoms with Crippen molar-refractivity contribution in [2.24, 2.45) is 0 Å². The van der Waals surface area contributed by atoms with Crippen molar-refractivity contribution in [1.29, 1.82) is 0 Å². The third-order valence-corrected chi connectivity index (χ3v) is 5.57. The van der Waals surface area contributed by atoms with Crippen LogP contribution in [0.2, 0.25) is 0 Å². The van der Waals surface area contributed by atoms with Crippen LogP contribution in [0.15, 0.2) is 91.0 Å². The summed E-state index contributed by atoms with van der Waals surface area (Å²) in [4.78, 5) is 26.6. The third kappa shape index (κ3) is 14.2. The highest BCUT2D eigenvalue weighted by Gasteiger charge is 2.14. The van der Waals surface area contributed by atoms with Crippen LogP contribution in [-0.2, 0) is 19.1 Å². The van der Waals surface area contributed by atoms with Gasteiger partial charge in [-0.05, 0) is 37.7 Å². The fourth-order valence-electron chi connectivity index (χ4n) is 2.18. The number of ether oxygens (including phenoxy) is 1. The number of methoxy groups -OCH3 is 1. The average molecular weight is 439 g/mol. The highest BCUT2D eigenvalue weighted by Crippen LogP contribution is 2.32. The van der Waals surface area contributed by atoms with Gasteiger partial charge < -0.3 is 29.3 Å². The van der Waals surface area contributed by atoms with Crippen LogP contribution < -0.4 is 26.1 Å². The maximum Gasteiger partial charge on any atom is 0.0383 e. The summed E-state index contributed by atoms with van der Waals surface area (Å²) in [7, 11) is 0.811. The molecule has 6 nitrogen and oxygen atoms in total. The first kappa shape index (κ1) is 27.5. The van der Waals surface area contributed by atoms with Crippen molar-refractivity contribution in [3.05, 3.63) is 91.0 Å². The first-order chi connectivity index (χ1) is 14.8. The van der Waals surface area contributed by atoms with E-state index in [-0.39, 0.29) is 0 Å². The van der Waals surface area contributed by atoms with E-state index in [1.807, 2.05) is 0 Å². The van der Waals surface area contributed by atoms with E-state index < -0.39 is 19.9 Å². The van der Waals surface area contributed by atoms with E-state index >= 15 is 0 Å². The van der Waals surface area contributed by atoms with Crippen LogP contribution in [0, 0.1) is 0 Å². The second-order valence-corrected chi connectivity index (χ2v) is 7.83. The van der Waals surface area contributed by atoms with Crippen LogP contribution in [0.25, 0.3) is 0 Å². The summed E-state index contributed by atoms with van der Waals surface area (Å²) in [6.07, 6.45) is 0. The molecule has 0 fully saturated rings. The van der Waals surface area contributed by atoms with E-state index in [2.05, 4.69) is 95.7 Å². The molecular weight excluding hydrogens is 415 g/mol. The van der Waals surface area contributed by atoms with E-state index in [1.165, 1.54) is 29.5 Å². The van der Waals surface area contributed by atoms with E-state index in [4.69, 9.17) is 24.6 Å². The van der Waals surface area contributed by atoms with Crippen molar-refractivity contribution < 1.29 is 29.3 Å². The first-order valence-corrected chi connectivity index (χ1v) is 10.4. The summed E-state index contributed by atoms with van der Waals surface area (Å²) in [6.45, 7) is 3.12. The Balaban J connectivity index is 0.000000625. The number of hydrogen-bond donors (Lipinski definition) is 0. The van der Waals surface area contributed by atoms with Gasteiger partial charge in [0.05, 0.1) is 0 Å². The van der Waals surface area contributed by atoms with Gasteiger partial charge in [0.25, 0.3) is 0 Å². The molecule has 0 aliphatic carbocycles. The summed E-state index contributed by atoms with van der Waals surface area (Å²) < 4.78 is 3.74. The van der Waals surface area contributed by atoms with Crippen molar-refractivity contribution in [3.8, 4) is 0 Å². The Hall–Kier alpha value is -3.50. The molecule has 0 N–H and O–H groups in total. The van der Waals surface area contributed by atoms with Gasteiger partial charge in [-0.25, -0.2) is 0 Å². The Morgan fingerprint density at radius 2 is 0.871 bits per heavy atom. The number of carboxylic acid groups (broad SMARTS) is 2. The Morgan fingerprint density at radius 1 is 0.677 bits per heavy atom. The third-order valence-electron chi connectivity index (χ3n) is 3.13. The highest BCUT2D eigenvalue weighted by atomic mass is 31.1. The molecule has 0 radical (unpaired) electrons. The molecule has 0 aromatic heterocycles. The van der Waals surface area contributed by atoms with Gasteiger partial charge in [-0.15, -0.1) is 0 Å². The van der Waals surface area contributed by atoms with E-state index in [0.29, 0.717) is 0 Å². The zero-order chi connectivity index (χ0) is 23.5. The number of carboxylic acids is 2. The standard InChI is InChI=1S/C18H15P.C2H3O2.2C2H4O2/c1-4-10-16(11-5-1)19(17-12-6-2-7-13-17)18-14-8-3-9-15-18;1-4-2-3;2*1-2(3)4/h1-15H;1H3;2*1H3,(H,3,4)/q;-1;;/p-2. The van der Waals surface area contributed by atoms with Crippen molar-refractivity contribution in [2.45, 2.75) is 13.8 Å². The van der Waals surface area contributed by atoms with Gasteiger partial charge in [0, 0.05) is 19.0 Å². The van der Waals surface area contributed by atoms with Crippen molar-refractivity contribution in [2.75, 3.05) is 7.11 Å². The molecule has 0 saturated heterocycles. The van der Waals surface area contributed by atoms with Crippen LogP contribution in [-0.4, -0.2) is 25.5 Å². The molecule has 3 aromatic rings. The molecule has 0 saturated carbocycles. The fraction of sp³-hybridized carbons (Fsp3) is 0.125. The molecular formula is C24H24O6P-3. The summed E-state index contributed by atoms with van der Waals surface area (Å²) in [5.74, 6) is -2.17. The summed E-state index contributed by atoms with van der Waals surface area (Å²) in [5, 5.41) is 22.0. The molecule has 31 heavy (non-hydrogen) atoms. The summed E-state index contributed by atoms with van der Waals surface area (Å²) in [5.41, 5.74) is 0. The predicted molar refractivity (Wildman–Crippen MR) is 119 cm³/mol. The van der Waals surface area contributed by atoms with E-state index in [1.54, 1.807) is 0 Å². The number of aliphatic carboxylic acids is 2. The second-order valence-electron chi connectivity index (χ2n) is 5.61. The van der Waals surface area contributed by atoms with Crippen molar-refractivity contribution >= 4 is 42.2 Å². The number of benzene rings is 3. The molecule has 3 rings (SSSR count). The second kappa shape index (κ2) is 17.4. The number of carbonyl (C=O) groups excluding carboxylic acids is 3. The Labute approximate surface area is 183 Å². The molecule has 0 aliphatic rings. The maximum atomic E-state index is 8.89. The smallest absolute Gasteiger partial charge is 0.0383 e. The molecule has 0 heterocycles. The highest BCUT2D eigenvalue weighted by molar-refractivity contribution is 7.79. The first-order valence-electron chi connectivity index (χ1n) is 9.04. The van der Waals surface area contributed by atoms with Gasteiger partial charge in [0.2, 0.25) is 0 Å². The monoisotopic (exact) mass is 439 g/mol. The van der Waals surface area contributed by atoms with Crippen LogP contribution in [0.1, 0.15) is 13.8 Å². The fourth-order valence-corrected chi connectivity index (χ4v) is 4.48. The van der Waals surface area contributed by atoms with Gasteiger partial charge in [0.1, 0.15) is 0 Å². The minimum Gasteiger partial charge on any atom is -0.655 e. The number of rotatable bonds is 4. The molecule has 0 amide bonds. The normalized spacial score (nSPS) is 8.77. The molecule has 0 unspecified atom stereocenters. The summed E-state index contributed by atoms with van der Waals surface area (Å²) >= 11 is 0. The molecule has 0 bridgehead atoms. The van der Waals surface area contributed by atoms with Gasteiger partial charge >= 0.3 is 0 Å². The molecule has 0 aliphatic heterocycles. The maximum absolute atomic E-state index is 8.89. The van der Waals surface area contributed by atoms with Crippen molar-refractivity contribution in [3.63, 3.8) is 0 Å². The lowest BCUT2D eigenvalue weighted by atomic mass is 10.4. The zero-order valence-electron chi connectivity index (χ0n) is 17.6. The quantitative estimate of drug-likeness (QED) is 0.437. The minimum absolute atomic E-state index is 0.446.